The first-order valence-corrected chi connectivity index (χ1v) is 6.82. The smallest absolute Gasteiger partial charge is 0.302 e. The Morgan fingerprint density at radius 2 is 1.91 bits per heavy atom. The predicted octanol–water partition coefficient (Wildman–Crippen LogP) is 0.0310. The van der Waals surface area contributed by atoms with Gasteiger partial charge in [0, 0.05) is 8.88 Å². The summed E-state index contributed by atoms with van der Waals surface area (Å²) in [6, 6.07) is 0. The third-order valence-electron chi connectivity index (χ3n) is 0.628. The Morgan fingerprint density at radius 1 is 1.36 bits per heavy atom. The molecule has 1 aliphatic heterocycles. The van der Waals surface area contributed by atoms with Gasteiger partial charge in [-0.3, -0.25) is 9.72 Å². The molecule has 1 heterocycles. The highest BCUT2D eigenvalue weighted by Gasteiger charge is 2.22. The maximum absolute atomic E-state index is 10.3. The molecule has 1 fully saturated rings. The van der Waals surface area contributed by atoms with E-state index < -0.39 is 7.82 Å². The van der Waals surface area contributed by atoms with E-state index in [1.165, 1.54) is 4.60 Å². The summed E-state index contributed by atoms with van der Waals surface area (Å²) in [4.78, 5) is 22.5. The molecule has 0 radical (unpaired) electrons. The summed E-state index contributed by atoms with van der Waals surface area (Å²) >= 11 is 0. The summed E-state index contributed by atoms with van der Waals surface area (Å²) in [6.07, 6.45) is 0. The van der Waals surface area contributed by atoms with Gasteiger partial charge in [0.25, 0.3) is 0 Å². The quantitative estimate of drug-likeness (QED) is 0.503. The number of hydrogen-bond acceptors (Lipinski definition) is 5. The van der Waals surface area contributed by atoms with Crippen molar-refractivity contribution < 1.29 is 19.0 Å². The third kappa shape index (κ3) is 4.76. The highest BCUT2D eigenvalue weighted by molar-refractivity contribution is 7.65. The van der Waals surface area contributed by atoms with Crippen molar-refractivity contribution in [2.24, 2.45) is 0 Å². The number of hydrogen-bond donors (Lipinski definition) is 4. The van der Waals surface area contributed by atoms with Gasteiger partial charge in [-0.1, -0.05) is 0 Å². The molecule has 1 rings (SSSR count). The van der Waals surface area contributed by atoms with E-state index in [0.717, 1.165) is 0 Å². The Morgan fingerprint density at radius 3 is 2.36 bits per heavy atom. The Balaban J connectivity index is 2.30. The molecule has 11 heteroatoms. The van der Waals surface area contributed by atoms with Gasteiger partial charge in [0.1, 0.15) is 0 Å². The Hall–Kier alpha value is 1.28. The first kappa shape index (κ1) is 10.4. The van der Waals surface area contributed by atoms with E-state index in [1.807, 2.05) is 0 Å². The first-order valence-electron chi connectivity index (χ1n) is 2.39. The molecule has 1 saturated heterocycles. The largest absolute Gasteiger partial charge is 0.487 e. The second-order valence-electron chi connectivity index (χ2n) is 1.47. The monoisotopic (exact) mass is 237 g/mol. The van der Waals surface area contributed by atoms with Gasteiger partial charge in [-0.15, -0.1) is 4.60 Å². The lowest BCUT2D eigenvalue weighted by Gasteiger charge is -2.25. The zero-order chi connectivity index (χ0) is 8.32. The predicted molar refractivity (Wildman–Crippen MR) is 46.2 cm³/mol. The zero-order valence-electron chi connectivity index (χ0n) is 5.11. The van der Waals surface area contributed by atoms with Crippen LogP contribution in [0.5, 0.6) is 0 Å². The highest BCUT2D eigenvalue weighted by Crippen LogP contribution is 2.47. The molecule has 0 aromatic rings. The van der Waals surface area contributed by atoms with E-state index in [9.17, 15) is 4.57 Å². The van der Waals surface area contributed by atoms with Crippen LogP contribution in [0.2, 0.25) is 0 Å². The minimum Gasteiger partial charge on any atom is -0.302 e. The fourth-order valence-electron chi connectivity index (χ4n) is 0.364. The Kier molecular flexibility index (Phi) is 4.24. The second-order valence-corrected chi connectivity index (χ2v) is 6.57. The topological polar surface area (TPSA) is 94.1 Å². The van der Waals surface area contributed by atoms with Crippen LogP contribution in [-0.2, 0) is 9.19 Å². The van der Waals surface area contributed by atoms with Crippen LogP contribution >= 0.6 is 34.5 Å². The highest BCUT2D eigenvalue weighted by atomic mass is 31.2. The molecule has 2 unspecified atom stereocenters. The zero-order valence-corrected chi connectivity index (χ0v) is 9.00. The van der Waals surface area contributed by atoms with Gasteiger partial charge >= 0.3 is 7.82 Å². The van der Waals surface area contributed by atoms with Gasteiger partial charge in [-0.25, -0.2) is 4.57 Å². The lowest BCUT2D eigenvalue weighted by Crippen LogP contribution is -2.15. The van der Waals surface area contributed by atoms with Gasteiger partial charge in [-0.05, 0) is 0 Å². The van der Waals surface area contributed by atoms with E-state index in [-0.39, 0.29) is 17.8 Å². The van der Waals surface area contributed by atoms with Crippen molar-refractivity contribution in [1.29, 1.82) is 0 Å². The van der Waals surface area contributed by atoms with Gasteiger partial charge in [0.05, 0.1) is 17.8 Å². The van der Waals surface area contributed by atoms with Crippen LogP contribution in [-0.4, -0.2) is 14.4 Å². The summed E-state index contributed by atoms with van der Waals surface area (Å²) in [7, 11) is -3.75. The van der Waals surface area contributed by atoms with Gasteiger partial charge < -0.3 is 9.79 Å². The number of nitrogens with zero attached hydrogens (tertiary/aromatic N) is 1. The molecular weight excluding hydrogens is 230 g/mol. The molecule has 0 spiro atoms. The van der Waals surface area contributed by atoms with Crippen molar-refractivity contribution >= 4 is 34.5 Å². The molecule has 0 amide bonds. The fourth-order valence-corrected chi connectivity index (χ4v) is 4.84. The molecule has 0 saturated carbocycles. The fraction of sp³-hybridized carbons (Fsp3) is 0. The van der Waals surface area contributed by atoms with E-state index >= 15 is 0 Å². The minimum absolute atomic E-state index is 0.0974. The van der Waals surface area contributed by atoms with Gasteiger partial charge in [0.2, 0.25) is 0 Å². The van der Waals surface area contributed by atoms with Crippen LogP contribution in [0.3, 0.4) is 0 Å². The van der Waals surface area contributed by atoms with Crippen molar-refractivity contribution in [2.75, 3.05) is 0 Å². The molecule has 4 N–H and O–H groups in total. The second kappa shape index (κ2) is 4.50. The first-order chi connectivity index (χ1) is 5.08. The number of rotatable bonds is 2. The molecule has 2 atom stereocenters. The molecule has 1 aliphatic rings. The molecule has 0 aromatic carbocycles. The third-order valence-corrected chi connectivity index (χ3v) is 4.47. The Bertz CT molecular complexity index is 161. The van der Waals surface area contributed by atoms with Crippen LogP contribution in [0.4, 0.5) is 0 Å². The van der Waals surface area contributed by atoms with Crippen LogP contribution in [0.15, 0.2) is 0 Å². The van der Waals surface area contributed by atoms with Gasteiger partial charge in [-0.2, -0.15) is 4.62 Å². The average molecular weight is 237 g/mol. The maximum Gasteiger partial charge on any atom is 0.487 e. The Labute approximate surface area is 68.5 Å². The summed E-state index contributed by atoms with van der Waals surface area (Å²) in [6.45, 7) is 0. The summed E-state index contributed by atoms with van der Waals surface area (Å²) in [5, 5.41) is 0. The van der Waals surface area contributed by atoms with E-state index in [2.05, 4.69) is 14.3 Å². The van der Waals surface area contributed by atoms with E-state index in [0.29, 0.717) is 8.88 Å². The van der Waals surface area contributed by atoms with Crippen molar-refractivity contribution in [3.8, 4) is 0 Å². The number of nitrogens with one attached hydrogen (secondary N) is 2. The van der Waals surface area contributed by atoms with Gasteiger partial charge in [0.15, 0.2) is 0 Å². The lowest BCUT2D eigenvalue weighted by atomic mass is 13.5. The standard InChI is InChI=1S/H7N3O4P4/c4-11(5,6)7-3-9-1-8-2-10-3/h1-2,8-10H,(H2,4,5,6). The normalized spacial score (nSPS) is 28.5. The van der Waals surface area contributed by atoms with Crippen LogP contribution in [0, 0.1) is 0 Å². The van der Waals surface area contributed by atoms with Crippen LogP contribution < -0.4 is 9.72 Å². The molecule has 66 valence electrons. The SMILES string of the molecule is O=P(O)(O)ON1PNPNP1. The average Bonchev–Trinajstić information content (AvgIpc) is 1.85. The number of phosphoric acid groups is 1. The van der Waals surface area contributed by atoms with Crippen LogP contribution in [0.1, 0.15) is 0 Å². The molecule has 7 nitrogen and oxygen atoms in total. The van der Waals surface area contributed by atoms with Crippen molar-refractivity contribution in [1.82, 2.24) is 14.3 Å². The van der Waals surface area contributed by atoms with Crippen molar-refractivity contribution in [3.05, 3.63) is 0 Å². The molecular formula is H7N3O4P4. The molecule has 11 heavy (non-hydrogen) atoms. The van der Waals surface area contributed by atoms with E-state index in [4.69, 9.17) is 9.79 Å². The lowest BCUT2D eigenvalue weighted by molar-refractivity contribution is 0.0863. The van der Waals surface area contributed by atoms with Crippen molar-refractivity contribution in [2.45, 2.75) is 0 Å². The molecule has 0 aromatic heterocycles. The summed E-state index contributed by atoms with van der Waals surface area (Å²) < 4.78 is 15.7. The van der Waals surface area contributed by atoms with E-state index in [1.54, 1.807) is 0 Å². The van der Waals surface area contributed by atoms with Crippen molar-refractivity contribution in [3.63, 3.8) is 0 Å². The maximum atomic E-state index is 10.3. The summed E-state index contributed by atoms with van der Waals surface area (Å²) in [5.74, 6) is 0. The molecule has 0 bridgehead atoms. The summed E-state index contributed by atoms with van der Waals surface area (Å²) in [5.41, 5.74) is 0. The molecule has 0 aliphatic carbocycles. The van der Waals surface area contributed by atoms with Crippen LogP contribution in [0.25, 0.3) is 0 Å². The minimum atomic E-state index is -4.37.